The molecule has 0 spiro atoms. The van der Waals surface area contributed by atoms with Gasteiger partial charge in [-0.25, -0.2) is 4.63 Å². The Kier molecular flexibility index (Phi) is 6.31. The van der Waals surface area contributed by atoms with Gasteiger partial charge in [-0.1, -0.05) is 40.1 Å². The predicted octanol–water partition coefficient (Wildman–Crippen LogP) is 2.64. The van der Waals surface area contributed by atoms with Gasteiger partial charge < -0.3 is 9.80 Å². The topological polar surface area (TPSA) is 62.5 Å². The zero-order valence-electron chi connectivity index (χ0n) is 15.8. The third-order valence-electron chi connectivity index (χ3n) is 4.53. The molecular weight excluding hydrogens is 316 g/mol. The Bertz CT molecular complexity index is 665. The number of amides is 1. The molecule has 1 heterocycles. The first kappa shape index (κ1) is 19.1. The Morgan fingerprint density at radius 3 is 2.44 bits per heavy atom. The van der Waals surface area contributed by atoms with E-state index in [9.17, 15) is 4.79 Å². The summed E-state index contributed by atoms with van der Waals surface area (Å²) in [4.78, 5) is 16.8. The number of carbonyl (C=O) groups is 1. The first-order chi connectivity index (χ1) is 11.8. The maximum absolute atomic E-state index is 12.9. The van der Waals surface area contributed by atoms with Crippen LogP contribution in [-0.4, -0.2) is 53.2 Å². The number of carbonyl (C=O) groups excluding carboxylic acids is 1. The highest BCUT2D eigenvalue weighted by Gasteiger charge is 2.32. The van der Waals surface area contributed by atoms with Gasteiger partial charge in [0.15, 0.2) is 0 Å². The number of likely N-dealkylation sites (N-methyl/N-ethyl adjacent to an activating group) is 1. The normalized spacial score (nSPS) is 11.8. The summed E-state index contributed by atoms with van der Waals surface area (Å²) in [5.41, 5.74) is 2.53. The van der Waals surface area contributed by atoms with Crippen LogP contribution in [0.1, 0.15) is 37.1 Å². The predicted molar refractivity (Wildman–Crippen MR) is 97.1 cm³/mol. The molecule has 0 saturated heterocycles. The van der Waals surface area contributed by atoms with Gasteiger partial charge in [0.1, 0.15) is 5.69 Å². The average Bonchev–Trinajstić information content (AvgIpc) is 3.07. The number of aryl methyl sites for hydroxylation is 1. The van der Waals surface area contributed by atoms with Crippen molar-refractivity contribution in [3.63, 3.8) is 0 Å². The van der Waals surface area contributed by atoms with Gasteiger partial charge in [-0.05, 0) is 46.3 Å². The van der Waals surface area contributed by atoms with Gasteiger partial charge in [0, 0.05) is 20.1 Å². The number of benzene rings is 1. The standard InChI is InChI=1S/C19H28N4O2/c1-15-7-9-16(10-8-15)19(2,3)18(24)23(5)12-6-11-22(4)14-17-13-20-25-21-17/h7-10,13H,6,11-12,14H2,1-5H3. The fraction of sp³-hybridized carbons (Fsp3) is 0.526. The summed E-state index contributed by atoms with van der Waals surface area (Å²) in [7, 11) is 3.90. The van der Waals surface area contributed by atoms with Gasteiger partial charge in [-0.2, -0.15) is 0 Å². The third kappa shape index (κ3) is 5.13. The average molecular weight is 344 g/mol. The molecule has 1 aromatic heterocycles. The molecule has 1 amide bonds. The van der Waals surface area contributed by atoms with Gasteiger partial charge in [0.05, 0.1) is 11.6 Å². The van der Waals surface area contributed by atoms with Crippen molar-refractivity contribution in [3.8, 4) is 0 Å². The van der Waals surface area contributed by atoms with Crippen molar-refractivity contribution in [3.05, 3.63) is 47.3 Å². The van der Waals surface area contributed by atoms with Crippen LogP contribution in [0.3, 0.4) is 0 Å². The minimum absolute atomic E-state index is 0.139. The molecule has 0 bridgehead atoms. The van der Waals surface area contributed by atoms with Crippen molar-refractivity contribution < 1.29 is 9.42 Å². The SMILES string of the molecule is Cc1ccc(C(C)(C)C(=O)N(C)CCCN(C)Cc2cnon2)cc1. The summed E-state index contributed by atoms with van der Waals surface area (Å²) in [5.74, 6) is 0.139. The molecular formula is C19H28N4O2. The van der Waals surface area contributed by atoms with Crippen molar-refractivity contribution in [2.24, 2.45) is 0 Å². The summed E-state index contributed by atoms with van der Waals surface area (Å²) in [6.07, 6.45) is 2.52. The Morgan fingerprint density at radius 2 is 1.84 bits per heavy atom. The molecule has 6 heteroatoms. The van der Waals surface area contributed by atoms with E-state index in [1.165, 1.54) is 5.56 Å². The van der Waals surface area contributed by atoms with Crippen LogP contribution in [0, 0.1) is 6.92 Å². The monoisotopic (exact) mass is 344 g/mol. The number of aromatic nitrogens is 2. The largest absolute Gasteiger partial charge is 0.345 e. The van der Waals surface area contributed by atoms with Gasteiger partial charge in [-0.15, -0.1) is 0 Å². The molecule has 0 saturated carbocycles. The molecule has 136 valence electrons. The zero-order valence-corrected chi connectivity index (χ0v) is 15.8. The van der Waals surface area contributed by atoms with Crippen LogP contribution in [0.4, 0.5) is 0 Å². The minimum Gasteiger partial charge on any atom is -0.345 e. The molecule has 2 aromatic rings. The second-order valence-corrected chi connectivity index (χ2v) is 7.21. The first-order valence-corrected chi connectivity index (χ1v) is 8.58. The van der Waals surface area contributed by atoms with Crippen LogP contribution >= 0.6 is 0 Å². The van der Waals surface area contributed by atoms with E-state index in [0.717, 1.165) is 30.8 Å². The molecule has 0 N–H and O–H groups in total. The Morgan fingerprint density at radius 1 is 1.16 bits per heavy atom. The summed E-state index contributed by atoms with van der Waals surface area (Å²) >= 11 is 0. The van der Waals surface area contributed by atoms with Gasteiger partial charge in [0.25, 0.3) is 0 Å². The summed E-state index contributed by atoms with van der Waals surface area (Å²) in [5, 5.41) is 7.41. The Balaban J connectivity index is 1.83. The lowest BCUT2D eigenvalue weighted by Gasteiger charge is -2.30. The Hall–Kier alpha value is -2.21. The highest BCUT2D eigenvalue weighted by Crippen LogP contribution is 2.25. The van der Waals surface area contributed by atoms with E-state index in [1.54, 1.807) is 6.20 Å². The number of rotatable bonds is 8. The van der Waals surface area contributed by atoms with Crippen LogP contribution < -0.4 is 0 Å². The van der Waals surface area contributed by atoms with Crippen LogP contribution in [-0.2, 0) is 16.8 Å². The number of nitrogens with zero attached hydrogens (tertiary/aromatic N) is 4. The minimum atomic E-state index is -0.527. The fourth-order valence-corrected chi connectivity index (χ4v) is 2.86. The smallest absolute Gasteiger partial charge is 0.232 e. The Labute approximate surface area is 149 Å². The molecule has 0 aliphatic carbocycles. The van der Waals surface area contributed by atoms with Crippen molar-refractivity contribution in [1.29, 1.82) is 0 Å². The van der Waals surface area contributed by atoms with Gasteiger partial charge in [-0.3, -0.25) is 4.79 Å². The van der Waals surface area contributed by atoms with Crippen molar-refractivity contribution in [1.82, 2.24) is 20.1 Å². The summed E-state index contributed by atoms with van der Waals surface area (Å²) < 4.78 is 4.60. The van der Waals surface area contributed by atoms with E-state index in [4.69, 9.17) is 0 Å². The van der Waals surface area contributed by atoms with Crippen LogP contribution in [0.15, 0.2) is 35.1 Å². The highest BCUT2D eigenvalue weighted by molar-refractivity contribution is 5.87. The van der Waals surface area contributed by atoms with Gasteiger partial charge >= 0.3 is 0 Å². The molecule has 0 aliphatic rings. The molecule has 25 heavy (non-hydrogen) atoms. The number of hydrogen-bond acceptors (Lipinski definition) is 5. The molecule has 0 radical (unpaired) electrons. The first-order valence-electron chi connectivity index (χ1n) is 8.58. The third-order valence-corrected chi connectivity index (χ3v) is 4.53. The molecule has 0 atom stereocenters. The van der Waals surface area contributed by atoms with Gasteiger partial charge in [0.2, 0.25) is 5.91 Å². The van der Waals surface area contributed by atoms with E-state index >= 15 is 0 Å². The van der Waals surface area contributed by atoms with Crippen molar-refractivity contribution in [2.75, 3.05) is 27.2 Å². The maximum Gasteiger partial charge on any atom is 0.232 e. The summed E-state index contributed by atoms with van der Waals surface area (Å²) in [6, 6.07) is 8.19. The highest BCUT2D eigenvalue weighted by atomic mass is 16.6. The molecule has 0 fully saturated rings. The van der Waals surface area contributed by atoms with Crippen molar-refractivity contribution in [2.45, 2.75) is 39.2 Å². The lowest BCUT2D eigenvalue weighted by atomic mass is 9.83. The second kappa shape index (κ2) is 8.25. The van der Waals surface area contributed by atoms with Crippen molar-refractivity contribution >= 4 is 5.91 Å². The molecule has 6 nitrogen and oxygen atoms in total. The van der Waals surface area contributed by atoms with Crippen LogP contribution in [0.2, 0.25) is 0 Å². The van der Waals surface area contributed by atoms with E-state index < -0.39 is 5.41 Å². The quantitative estimate of drug-likeness (QED) is 0.737. The molecule has 1 aromatic carbocycles. The van der Waals surface area contributed by atoms with E-state index in [2.05, 4.69) is 38.9 Å². The van der Waals surface area contributed by atoms with Crippen LogP contribution in [0.25, 0.3) is 0 Å². The zero-order chi connectivity index (χ0) is 18.4. The van der Waals surface area contributed by atoms with Crippen LogP contribution in [0.5, 0.6) is 0 Å². The molecule has 0 aliphatic heterocycles. The lowest BCUT2D eigenvalue weighted by molar-refractivity contribution is -0.135. The molecule has 2 rings (SSSR count). The maximum atomic E-state index is 12.9. The van der Waals surface area contributed by atoms with E-state index in [0.29, 0.717) is 6.54 Å². The van der Waals surface area contributed by atoms with E-state index in [1.807, 2.05) is 45.0 Å². The lowest BCUT2D eigenvalue weighted by Crippen LogP contribution is -2.42. The molecule has 0 unspecified atom stereocenters. The van der Waals surface area contributed by atoms with E-state index in [-0.39, 0.29) is 5.91 Å². The summed E-state index contributed by atoms with van der Waals surface area (Å²) in [6.45, 7) is 8.30. The fourth-order valence-electron chi connectivity index (χ4n) is 2.86. The number of hydrogen-bond donors (Lipinski definition) is 0. The second-order valence-electron chi connectivity index (χ2n) is 7.21.